The topological polar surface area (TPSA) is 64.9 Å². The molecule has 0 aliphatic heterocycles. The third-order valence-corrected chi connectivity index (χ3v) is 3.75. The van der Waals surface area contributed by atoms with Gasteiger partial charge in [-0.2, -0.15) is 0 Å². The van der Waals surface area contributed by atoms with Crippen LogP contribution in [0.4, 0.5) is 5.88 Å². The lowest BCUT2D eigenvalue weighted by atomic mass is 10.0. The van der Waals surface area contributed by atoms with Gasteiger partial charge in [-0.3, -0.25) is 4.98 Å². The largest absolute Gasteiger partial charge is 0.367 e. The van der Waals surface area contributed by atoms with Crippen LogP contribution in [0.15, 0.2) is 58.1 Å². The van der Waals surface area contributed by atoms with Crippen LogP contribution < -0.4 is 5.73 Å². The van der Waals surface area contributed by atoms with Gasteiger partial charge in [-0.25, -0.2) is 0 Å². The van der Waals surface area contributed by atoms with Crippen molar-refractivity contribution < 1.29 is 4.52 Å². The van der Waals surface area contributed by atoms with Gasteiger partial charge in [0, 0.05) is 16.7 Å². The predicted molar refractivity (Wildman–Crippen MR) is 81.4 cm³/mol. The Balaban J connectivity index is 2.11. The molecule has 0 radical (unpaired) electrons. The summed E-state index contributed by atoms with van der Waals surface area (Å²) in [4.78, 5) is 5.52. The molecule has 0 unspecified atom stereocenters. The first kappa shape index (κ1) is 12.7. The zero-order valence-electron chi connectivity index (χ0n) is 10.9. The first-order chi connectivity index (χ1) is 9.79. The van der Waals surface area contributed by atoms with Gasteiger partial charge in [-0.15, -0.1) is 11.8 Å². The maximum absolute atomic E-state index is 5.89. The van der Waals surface area contributed by atoms with Crippen LogP contribution in [-0.2, 0) is 0 Å². The molecule has 0 aliphatic rings. The number of hydrogen-bond acceptors (Lipinski definition) is 5. The van der Waals surface area contributed by atoms with Crippen molar-refractivity contribution in [1.29, 1.82) is 0 Å². The highest BCUT2D eigenvalue weighted by Gasteiger charge is 2.18. The van der Waals surface area contributed by atoms with Crippen LogP contribution in [0, 0.1) is 0 Å². The summed E-state index contributed by atoms with van der Waals surface area (Å²) in [5.74, 6) is 0.285. The molecule has 0 amide bonds. The number of nitrogens with zero attached hydrogens (tertiary/aromatic N) is 2. The quantitative estimate of drug-likeness (QED) is 0.742. The molecule has 1 aromatic carbocycles. The van der Waals surface area contributed by atoms with Crippen LogP contribution in [0.1, 0.15) is 0 Å². The molecule has 0 fully saturated rings. The van der Waals surface area contributed by atoms with Crippen molar-refractivity contribution in [1.82, 2.24) is 10.1 Å². The van der Waals surface area contributed by atoms with Crippen LogP contribution in [0.2, 0.25) is 0 Å². The minimum absolute atomic E-state index is 0.285. The SMILES string of the molecule is CSc1ccc(-c2noc(N)c2-c2ccccn2)cc1. The molecule has 0 spiro atoms. The molecule has 0 saturated heterocycles. The van der Waals surface area contributed by atoms with E-state index in [-0.39, 0.29) is 5.88 Å². The standard InChI is InChI=1S/C15H13N3OS/c1-20-11-7-5-10(6-8-11)14-13(15(16)19-18-14)12-4-2-3-9-17-12/h2-9H,16H2,1H3. The van der Waals surface area contributed by atoms with E-state index in [4.69, 9.17) is 10.3 Å². The van der Waals surface area contributed by atoms with Crippen molar-refractivity contribution in [2.75, 3.05) is 12.0 Å². The zero-order valence-corrected chi connectivity index (χ0v) is 11.7. The Bertz CT molecular complexity index is 708. The molecule has 2 N–H and O–H groups in total. The van der Waals surface area contributed by atoms with Gasteiger partial charge in [0.15, 0.2) is 0 Å². The molecule has 5 heteroatoms. The molecule has 2 aromatic heterocycles. The molecular weight excluding hydrogens is 270 g/mol. The van der Waals surface area contributed by atoms with E-state index in [0.29, 0.717) is 5.69 Å². The fourth-order valence-corrected chi connectivity index (χ4v) is 2.42. The number of thioether (sulfide) groups is 1. The van der Waals surface area contributed by atoms with Crippen molar-refractivity contribution in [3.63, 3.8) is 0 Å². The average Bonchev–Trinajstić information content (AvgIpc) is 2.90. The molecule has 4 nitrogen and oxygen atoms in total. The van der Waals surface area contributed by atoms with Gasteiger partial charge in [0.2, 0.25) is 5.88 Å². The van der Waals surface area contributed by atoms with Crippen molar-refractivity contribution in [3.05, 3.63) is 48.7 Å². The van der Waals surface area contributed by atoms with Gasteiger partial charge in [0.1, 0.15) is 5.69 Å². The summed E-state index contributed by atoms with van der Waals surface area (Å²) in [6, 6.07) is 13.8. The lowest BCUT2D eigenvalue weighted by Gasteiger charge is -2.02. The molecule has 0 bridgehead atoms. The number of rotatable bonds is 3. The second-order valence-corrected chi connectivity index (χ2v) is 5.09. The molecule has 2 heterocycles. The summed E-state index contributed by atoms with van der Waals surface area (Å²) in [5.41, 5.74) is 9.07. The van der Waals surface area contributed by atoms with E-state index in [1.54, 1.807) is 18.0 Å². The Kier molecular flexibility index (Phi) is 3.43. The van der Waals surface area contributed by atoms with E-state index in [9.17, 15) is 0 Å². The van der Waals surface area contributed by atoms with Crippen molar-refractivity contribution in [2.45, 2.75) is 4.90 Å². The summed E-state index contributed by atoms with van der Waals surface area (Å²) >= 11 is 1.70. The first-order valence-electron chi connectivity index (χ1n) is 6.10. The lowest BCUT2D eigenvalue weighted by Crippen LogP contribution is -1.89. The van der Waals surface area contributed by atoms with Crippen LogP contribution in [0.5, 0.6) is 0 Å². The summed E-state index contributed by atoms with van der Waals surface area (Å²) in [5, 5.41) is 4.07. The Morgan fingerprint density at radius 1 is 1.10 bits per heavy atom. The maximum atomic E-state index is 5.89. The Morgan fingerprint density at radius 2 is 1.90 bits per heavy atom. The van der Waals surface area contributed by atoms with Crippen molar-refractivity contribution in [2.24, 2.45) is 0 Å². The second kappa shape index (κ2) is 5.38. The van der Waals surface area contributed by atoms with Crippen LogP contribution in [0.25, 0.3) is 22.5 Å². The monoisotopic (exact) mass is 283 g/mol. The van der Waals surface area contributed by atoms with Gasteiger partial charge in [-0.1, -0.05) is 23.4 Å². The number of aromatic nitrogens is 2. The van der Waals surface area contributed by atoms with E-state index >= 15 is 0 Å². The number of pyridine rings is 1. The molecule has 3 aromatic rings. The highest BCUT2D eigenvalue weighted by molar-refractivity contribution is 7.98. The fourth-order valence-electron chi connectivity index (χ4n) is 2.01. The summed E-state index contributed by atoms with van der Waals surface area (Å²) < 4.78 is 5.14. The minimum Gasteiger partial charge on any atom is -0.367 e. The molecule has 0 saturated carbocycles. The van der Waals surface area contributed by atoms with E-state index < -0.39 is 0 Å². The third kappa shape index (κ3) is 2.28. The minimum atomic E-state index is 0.285. The van der Waals surface area contributed by atoms with E-state index in [1.807, 2.05) is 48.7 Å². The van der Waals surface area contributed by atoms with Gasteiger partial charge < -0.3 is 10.3 Å². The van der Waals surface area contributed by atoms with E-state index in [2.05, 4.69) is 10.1 Å². The summed E-state index contributed by atoms with van der Waals surface area (Å²) in [6.07, 6.45) is 3.77. The van der Waals surface area contributed by atoms with Gasteiger partial charge in [-0.05, 0) is 30.5 Å². The van der Waals surface area contributed by atoms with Gasteiger partial charge in [0.05, 0.1) is 11.3 Å². The molecular formula is C15H13N3OS. The van der Waals surface area contributed by atoms with E-state index in [0.717, 1.165) is 16.8 Å². The van der Waals surface area contributed by atoms with Crippen LogP contribution in [0.3, 0.4) is 0 Å². The first-order valence-corrected chi connectivity index (χ1v) is 7.33. The van der Waals surface area contributed by atoms with Crippen LogP contribution >= 0.6 is 11.8 Å². The second-order valence-electron chi connectivity index (χ2n) is 4.21. The highest BCUT2D eigenvalue weighted by atomic mass is 32.2. The molecule has 100 valence electrons. The molecule has 0 aliphatic carbocycles. The number of hydrogen-bond donors (Lipinski definition) is 1. The Hall–Kier alpha value is -2.27. The maximum Gasteiger partial charge on any atom is 0.232 e. The molecule has 20 heavy (non-hydrogen) atoms. The van der Waals surface area contributed by atoms with Crippen molar-refractivity contribution in [3.8, 4) is 22.5 Å². The van der Waals surface area contributed by atoms with Gasteiger partial charge >= 0.3 is 0 Å². The third-order valence-electron chi connectivity index (χ3n) is 3.00. The number of nitrogen functional groups attached to an aromatic ring is 1. The molecule has 3 rings (SSSR count). The Morgan fingerprint density at radius 3 is 2.55 bits per heavy atom. The van der Waals surface area contributed by atoms with Crippen LogP contribution in [-0.4, -0.2) is 16.4 Å². The van der Waals surface area contributed by atoms with Crippen molar-refractivity contribution >= 4 is 17.6 Å². The predicted octanol–water partition coefficient (Wildman–Crippen LogP) is 3.71. The zero-order chi connectivity index (χ0) is 13.9. The average molecular weight is 283 g/mol. The highest BCUT2D eigenvalue weighted by Crippen LogP contribution is 2.35. The fraction of sp³-hybridized carbons (Fsp3) is 0.0667. The number of anilines is 1. The molecule has 0 atom stereocenters. The normalized spacial score (nSPS) is 10.7. The van der Waals surface area contributed by atoms with E-state index in [1.165, 1.54) is 4.90 Å². The Labute approximate surface area is 121 Å². The lowest BCUT2D eigenvalue weighted by molar-refractivity contribution is 0.439. The number of nitrogens with two attached hydrogens (primary N) is 1. The smallest absolute Gasteiger partial charge is 0.232 e. The summed E-state index contributed by atoms with van der Waals surface area (Å²) in [6.45, 7) is 0. The number of benzene rings is 1. The summed E-state index contributed by atoms with van der Waals surface area (Å²) in [7, 11) is 0. The van der Waals surface area contributed by atoms with Gasteiger partial charge in [0.25, 0.3) is 0 Å².